The molecule has 15 heavy (non-hydrogen) atoms. The second-order valence-corrected chi connectivity index (χ2v) is 3.87. The highest BCUT2D eigenvalue weighted by Crippen LogP contribution is 2.30. The molecule has 3 heteroatoms. The first kappa shape index (κ1) is 10.2. The molecule has 1 saturated heterocycles. The molecule has 2 atom stereocenters. The van der Waals surface area contributed by atoms with Crippen molar-refractivity contribution in [2.45, 2.75) is 26.1 Å². The quantitative estimate of drug-likeness (QED) is 0.701. The second-order valence-electron chi connectivity index (χ2n) is 3.87. The number of hydrogen-bond acceptors (Lipinski definition) is 2. The van der Waals surface area contributed by atoms with Gasteiger partial charge in [-0.2, -0.15) is 0 Å². The molecular formula is C12H15NO2. The molecule has 0 N–H and O–H groups in total. The van der Waals surface area contributed by atoms with Gasteiger partial charge in [-0.05, 0) is 6.92 Å². The van der Waals surface area contributed by atoms with Gasteiger partial charge in [-0.15, -0.1) is 0 Å². The fourth-order valence-corrected chi connectivity index (χ4v) is 1.97. The van der Waals surface area contributed by atoms with Gasteiger partial charge in [0.1, 0.15) is 0 Å². The predicted molar refractivity (Wildman–Crippen MR) is 57.1 cm³/mol. The van der Waals surface area contributed by atoms with Crippen LogP contribution in [0.5, 0.6) is 0 Å². The van der Waals surface area contributed by atoms with Crippen molar-refractivity contribution in [3.63, 3.8) is 0 Å². The van der Waals surface area contributed by atoms with Gasteiger partial charge in [0, 0.05) is 12.5 Å². The van der Waals surface area contributed by atoms with E-state index in [-0.39, 0.29) is 18.2 Å². The second kappa shape index (κ2) is 4.03. The first-order valence-electron chi connectivity index (χ1n) is 5.15. The van der Waals surface area contributed by atoms with Crippen LogP contribution < -0.4 is 0 Å². The first-order chi connectivity index (χ1) is 7.20. The summed E-state index contributed by atoms with van der Waals surface area (Å²) < 4.78 is 5.63. The third-order valence-electron chi connectivity index (χ3n) is 2.67. The van der Waals surface area contributed by atoms with Crippen molar-refractivity contribution < 1.29 is 9.53 Å². The van der Waals surface area contributed by atoms with Crippen LogP contribution in [0.3, 0.4) is 0 Å². The highest BCUT2D eigenvalue weighted by Gasteiger charge is 2.34. The van der Waals surface area contributed by atoms with Gasteiger partial charge in [0.15, 0.2) is 6.23 Å². The van der Waals surface area contributed by atoms with Gasteiger partial charge in [-0.25, -0.2) is 0 Å². The number of rotatable bonds is 1. The standard InChI is InChI=1S/C12H15NO2/c1-9-8-15-12(13(9)10(2)14)11-6-4-3-5-7-11/h3-7,9,12H,8H2,1-2H3/t9?,12-/m0/s1. The summed E-state index contributed by atoms with van der Waals surface area (Å²) >= 11 is 0. The van der Waals surface area contributed by atoms with Crippen LogP contribution in [0.4, 0.5) is 0 Å². The summed E-state index contributed by atoms with van der Waals surface area (Å²) in [4.78, 5) is 13.3. The molecule has 1 heterocycles. The van der Waals surface area contributed by atoms with Gasteiger partial charge in [0.25, 0.3) is 0 Å². The van der Waals surface area contributed by atoms with Crippen molar-refractivity contribution in [1.29, 1.82) is 0 Å². The number of hydrogen-bond donors (Lipinski definition) is 0. The molecule has 3 nitrogen and oxygen atoms in total. The van der Waals surface area contributed by atoms with Crippen LogP contribution in [-0.4, -0.2) is 23.5 Å². The molecule has 1 amide bonds. The summed E-state index contributed by atoms with van der Waals surface area (Å²) in [7, 11) is 0. The molecule has 0 spiro atoms. The zero-order valence-corrected chi connectivity index (χ0v) is 9.01. The third kappa shape index (κ3) is 1.88. The smallest absolute Gasteiger partial charge is 0.222 e. The Labute approximate surface area is 89.7 Å². The lowest BCUT2D eigenvalue weighted by Crippen LogP contribution is -2.34. The van der Waals surface area contributed by atoms with E-state index in [9.17, 15) is 4.79 Å². The number of amides is 1. The van der Waals surface area contributed by atoms with Crippen LogP contribution in [0.25, 0.3) is 0 Å². The molecule has 80 valence electrons. The summed E-state index contributed by atoms with van der Waals surface area (Å²) in [5.41, 5.74) is 1.04. The number of benzene rings is 1. The van der Waals surface area contributed by atoms with E-state index < -0.39 is 0 Å². The summed E-state index contributed by atoms with van der Waals surface area (Å²) in [5.74, 6) is 0.0638. The first-order valence-corrected chi connectivity index (χ1v) is 5.15. The Morgan fingerprint density at radius 1 is 1.40 bits per heavy atom. The monoisotopic (exact) mass is 205 g/mol. The Kier molecular flexibility index (Phi) is 2.73. The van der Waals surface area contributed by atoms with Gasteiger partial charge in [0.2, 0.25) is 5.91 Å². The summed E-state index contributed by atoms with van der Waals surface area (Å²) in [6.45, 7) is 4.20. The van der Waals surface area contributed by atoms with Crippen molar-refractivity contribution in [3.05, 3.63) is 35.9 Å². The molecule has 1 aromatic rings. The fraction of sp³-hybridized carbons (Fsp3) is 0.417. The number of carbonyl (C=O) groups is 1. The van der Waals surface area contributed by atoms with E-state index in [0.29, 0.717) is 6.61 Å². The molecule has 1 aliphatic heterocycles. The Morgan fingerprint density at radius 2 is 2.07 bits per heavy atom. The minimum Gasteiger partial charge on any atom is -0.352 e. The van der Waals surface area contributed by atoms with Crippen LogP contribution in [0.15, 0.2) is 30.3 Å². The number of carbonyl (C=O) groups excluding carboxylic acids is 1. The Bertz CT molecular complexity index is 350. The average molecular weight is 205 g/mol. The van der Waals surface area contributed by atoms with Crippen LogP contribution >= 0.6 is 0 Å². The lowest BCUT2D eigenvalue weighted by molar-refractivity contribution is -0.135. The Balaban J connectivity index is 2.26. The Morgan fingerprint density at radius 3 is 2.67 bits per heavy atom. The topological polar surface area (TPSA) is 29.5 Å². The van der Waals surface area contributed by atoms with E-state index in [0.717, 1.165) is 5.56 Å². The minimum absolute atomic E-state index is 0.0638. The van der Waals surface area contributed by atoms with Gasteiger partial charge in [-0.3, -0.25) is 4.79 Å². The van der Waals surface area contributed by atoms with Crippen LogP contribution in [0.1, 0.15) is 25.6 Å². The molecule has 1 fully saturated rings. The van der Waals surface area contributed by atoms with E-state index in [1.165, 1.54) is 0 Å². The van der Waals surface area contributed by atoms with Crippen LogP contribution in [0.2, 0.25) is 0 Å². The molecule has 0 aromatic heterocycles. The molecule has 0 aliphatic carbocycles. The zero-order chi connectivity index (χ0) is 10.8. The largest absolute Gasteiger partial charge is 0.352 e. The van der Waals surface area contributed by atoms with Crippen molar-refractivity contribution in [3.8, 4) is 0 Å². The van der Waals surface area contributed by atoms with Gasteiger partial charge < -0.3 is 9.64 Å². The summed E-state index contributed by atoms with van der Waals surface area (Å²) in [6.07, 6.45) is -0.210. The predicted octanol–water partition coefficient (Wildman–Crippen LogP) is 1.95. The lowest BCUT2D eigenvalue weighted by Gasteiger charge is -2.25. The maximum atomic E-state index is 11.5. The molecule has 0 saturated carbocycles. The molecule has 2 rings (SSSR count). The van der Waals surface area contributed by atoms with E-state index >= 15 is 0 Å². The van der Waals surface area contributed by atoms with Crippen molar-refractivity contribution in [1.82, 2.24) is 4.90 Å². The van der Waals surface area contributed by atoms with Gasteiger partial charge >= 0.3 is 0 Å². The normalized spacial score (nSPS) is 25.6. The maximum Gasteiger partial charge on any atom is 0.222 e. The summed E-state index contributed by atoms with van der Waals surface area (Å²) in [6, 6.07) is 10.0. The van der Waals surface area contributed by atoms with E-state index in [2.05, 4.69) is 0 Å². The number of ether oxygens (including phenoxy) is 1. The molecule has 1 aromatic carbocycles. The lowest BCUT2D eigenvalue weighted by atomic mass is 10.2. The highest BCUT2D eigenvalue weighted by molar-refractivity contribution is 5.74. The fourth-order valence-electron chi connectivity index (χ4n) is 1.97. The third-order valence-corrected chi connectivity index (χ3v) is 2.67. The zero-order valence-electron chi connectivity index (χ0n) is 9.01. The van der Waals surface area contributed by atoms with Gasteiger partial charge in [0.05, 0.1) is 12.6 Å². The van der Waals surface area contributed by atoms with Crippen LogP contribution in [0, 0.1) is 0 Å². The molecular weight excluding hydrogens is 190 g/mol. The van der Waals surface area contributed by atoms with E-state index in [1.807, 2.05) is 37.3 Å². The SMILES string of the molecule is CC(=O)N1C(C)CO[C@H]1c1ccccc1. The van der Waals surface area contributed by atoms with Crippen molar-refractivity contribution >= 4 is 5.91 Å². The van der Waals surface area contributed by atoms with Crippen molar-refractivity contribution in [2.75, 3.05) is 6.61 Å². The van der Waals surface area contributed by atoms with E-state index in [1.54, 1.807) is 11.8 Å². The van der Waals surface area contributed by atoms with Gasteiger partial charge in [-0.1, -0.05) is 30.3 Å². The molecule has 1 aliphatic rings. The minimum atomic E-state index is -0.210. The molecule has 0 radical (unpaired) electrons. The van der Waals surface area contributed by atoms with Crippen LogP contribution in [-0.2, 0) is 9.53 Å². The number of nitrogens with zero attached hydrogens (tertiary/aromatic N) is 1. The maximum absolute atomic E-state index is 11.5. The molecule has 0 bridgehead atoms. The van der Waals surface area contributed by atoms with E-state index in [4.69, 9.17) is 4.74 Å². The Hall–Kier alpha value is -1.35. The average Bonchev–Trinajstić information content (AvgIpc) is 2.61. The summed E-state index contributed by atoms with van der Waals surface area (Å²) in [5, 5.41) is 0. The molecule has 1 unspecified atom stereocenters. The highest BCUT2D eigenvalue weighted by atomic mass is 16.5. The van der Waals surface area contributed by atoms with Crippen molar-refractivity contribution in [2.24, 2.45) is 0 Å².